The molecule has 0 aliphatic carbocycles. The number of aryl methyl sites for hydroxylation is 1. The summed E-state index contributed by atoms with van der Waals surface area (Å²) in [4.78, 5) is 15.8. The Kier molecular flexibility index (Phi) is 4.84. The maximum absolute atomic E-state index is 11.9. The van der Waals surface area contributed by atoms with Gasteiger partial charge in [0.25, 0.3) is 0 Å². The normalized spacial score (nSPS) is 10.6. The van der Waals surface area contributed by atoms with Crippen molar-refractivity contribution in [2.45, 2.75) is 12.1 Å². The minimum Gasteiger partial charge on any atom is -0.496 e. The molecule has 0 unspecified atom stereocenters. The lowest BCUT2D eigenvalue weighted by Crippen LogP contribution is -2.16. The fourth-order valence-corrected chi connectivity index (χ4v) is 2.68. The van der Waals surface area contributed by atoms with E-state index in [9.17, 15) is 4.79 Å². The van der Waals surface area contributed by atoms with Crippen LogP contribution in [0.15, 0.2) is 33.9 Å². The number of carbonyl (C=O) groups is 1. The summed E-state index contributed by atoms with van der Waals surface area (Å²) in [5.41, 5.74) is 0.706. The maximum Gasteiger partial charge on any atom is 0.328 e. The molecule has 0 spiro atoms. The number of para-hydroxylation sites is 1. The van der Waals surface area contributed by atoms with Gasteiger partial charge in [-0.05, 0) is 19.1 Å². The summed E-state index contributed by atoms with van der Waals surface area (Å²) in [6.45, 7) is 1.66. The lowest BCUT2D eigenvalue weighted by atomic mass is 10.2. The maximum atomic E-state index is 11.9. The smallest absolute Gasteiger partial charge is 0.328 e. The van der Waals surface area contributed by atoms with Gasteiger partial charge >= 0.3 is 6.01 Å². The van der Waals surface area contributed by atoms with Crippen molar-refractivity contribution < 1.29 is 14.1 Å². The van der Waals surface area contributed by atoms with Crippen LogP contribution in [-0.4, -0.2) is 43.8 Å². The molecule has 130 valence electrons. The molecule has 0 atom stereocenters. The number of nitrogen functional groups attached to an aromatic ring is 1. The number of aromatic nitrogens is 5. The largest absolute Gasteiger partial charge is 0.496 e. The Morgan fingerprint density at radius 1 is 1.40 bits per heavy atom. The highest BCUT2D eigenvalue weighted by atomic mass is 32.2. The highest BCUT2D eigenvalue weighted by molar-refractivity contribution is 7.99. The Morgan fingerprint density at radius 2 is 2.20 bits per heavy atom. The minimum atomic E-state index is -0.324. The molecule has 1 aromatic carbocycles. The van der Waals surface area contributed by atoms with E-state index in [4.69, 9.17) is 15.1 Å². The molecule has 3 N–H and O–H groups in total. The Labute approximate surface area is 146 Å². The van der Waals surface area contributed by atoms with Crippen molar-refractivity contribution in [1.29, 1.82) is 0 Å². The van der Waals surface area contributed by atoms with Gasteiger partial charge in [-0.3, -0.25) is 10.1 Å². The lowest BCUT2D eigenvalue weighted by Gasteiger charge is -2.07. The SMILES string of the molecule is COc1ccccc1-c1nnc(SCC(=O)Nc2nc(C)no2)n1N. The molecule has 0 bridgehead atoms. The summed E-state index contributed by atoms with van der Waals surface area (Å²) < 4.78 is 11.4. The third kappa shape index (κ3) is 3.71. The molecule has 11 heteroatoms. The van der Waals surface area contributed by atoms with Gasteiger partial charge in [0.15, 0.2) is 11.6 Å². The number of amides is 1. The Balaban J connectivity index is 1.68. The van der Waals surface area contributed by atoms with Crippen molar-refractivity contribution in [3.05, 3.63) is 30.1 Å². The quantitative estimate of drug-likeness (QED) is 0.488. The number of nitrogens with one attached hydrogen (secondary N) is 1. The molecule has 0 radical (unpaired) electrons. The average Bonchev–Trinajstić information content (AvgIpc) is 3.18. The second-order valence-electron chi connectivity index (χ2n) is 4.86. The molecule has 0 aliphatic rings. The highest BCUT2D eigenvalue weighted by Crippen LogP contribution is 2.29. The van der Waals surface area contributed by atoms with Crippen LogP contribution >= 0.6 is 11.8 Å². The van der Waals surface area contributed by atoms with Crippen LogP contribution in [0.3, 0.4) is 0 Å². The topological polar surface area (TPSA) is 134 Å². The molecular weight excluding hydrogens is 346 g/mol. The number of methoxy groups -OCH3 is 1. The van der Waals surface area contributed by atoms with E-state index in [1.807, 2.05) is 18.2 Å². The first-order chi connectivity index (χ1) is 12.1. The van der Waals surface area contributed by atoms with Gasteiger partial charge in [-0.2, -0.15) is 4.98 Å². The number of hydrogen-bond acceptors (Lipinski definition) is 9. The summed E-state index contributed by atoms with van der Waals surface area (Å²) in [6.07, 6.45) is 0. The molecule has 25 heavy (non-hydrogen) atoms. The van der Waals surface area contributed by atoms with E-state index < -0.39 is 0 Å². The number of carbonyl (C=O) groups excluding carboxylic acids is 1. The van der Waals surface area contributed by atoms with Crippen molar-refractivity contribution in [1.82, 2.24) is 25.0 Å². The Bertz CT molecular complexity index is 892. The molecule has 0 fully saturated rings. The molecule has 3 aromatic rings. The number of anilines is 1. The second kappa shape index (κ2) is 7.21. The number of ether oxygens (including phenoxy) is 1. The number of benzene rings is 1. The molecule has 3 rings (SSSR count). The van der Waals surface area contributed by atoms with Crippen molar-refractivity contribution in [3.8, 4) is 17.1 Å². The summed E-state index contributed by atoms with van der Waals surface area (Å²) in [7, 11) is 1.56. The summed E-state index contributed by atoms with van der Waals surface area (Å²) >= 11 is 1.13. The first-order valence-electron chi connectivity index (χ1n) is 7.15. The van der Waals surface area contributed by atoms with Crippen LogP contribution in [0.2, 0.25) is 0 Å². The minimum absolute atomic E-state index is 0.0482. The molecule has 1 amide bonds. The Morgan fingerprint density at radius 3 is 2.92 bits per heavy atom. The standard InChI is InChI=1S/C14H15N7O3S/c1-8-16-13(24-20-8)17-11(22)7-25-14-19-18-12(21(14)15)9-5-3-4-6-10(9)23-2/h3-6H,7,15H2,1-2H3,(H,16,17,20,22). The van der Waals surface area contributed by atoms with E-state index >= 15 is 0 Å². The van der Waals surface area contributed by atoms with Gasteiger partial charge in [-0.15, -0.1) is 10.2 Å². The second-order valence-corrected chi connectivity index (χ2v) is 5.80. The third-order valence-electron chi connectivity index (χ3n) is 3.12. The van der Waals surface area contributed by atoms with Gasteiger partial charge in [0, 0.05) is 0 Å². The highest BCUT2D eigenvalue weighted by Gasteiger charge is 2.17. The first kappa shape index (κ1) is 16.8. The van der Waals surface area contributed by atoms with Crippen LogP contribution in [0.25, 0.3) is 11.4 Å². The van der Waals surface area contributed by atoms with E-state index in [0.29, 0.717) is 28.1 Å². The Hall–Kier alpha value is -3.08. The van der Waals surface area contributed by atoms with Gasteiger partial charge in [0.1, 0.15) is 5.75 Å². The summed E-state index contributed by atoms with van der Waals surface area (Å²) in [6, 6.07) is 7.37. The van der Waals surface area contributed by atoms with Crippen molar-refractivity contribution in [2.24, 2.45) is 0 Å². The molecule has 0 aliphatic heterocycles. The van der Waals surface area contributed by atoms with E-state index in [1.165, 1.54) is 4.68 Å². The number of nitrogens with zero attached hydrogens (tertiary/aromatic N) is 5. The fourth-order valence-electron chi connectivity index (χ4n) is 2.02. The zero-order valence-electron chi connectivity index (χ0n) is 13.5. The van der Waals surface area contributed by atoms with E-state index in [-0.39, 0.29) is 17.7 Å². The van der Waals surface area contributed by atoms with E-state index in [0.717, 1.165) is 11.8 Å². The molecule has 0 saturated heterocycles. The summed E-state index contributed by atoms with van der Waals surface area (Å²) in [5.74, 6) is 7.28. The number of hydrogen-bond donors (Lipinski definition) is 2. The van der Waals surface area contributed by atoms with Crippen LogP contribution in [0.4, 0.5) is 6.01 Å². The molecule has 2 heterocycles. The number of thioether (sulfide) groups is 1. The van der Waals surface area contributed by atoms with E-state index in [1.54, 1.807) is 20.1 Å². The number of nitrogens with two attached hydrogens (primary N) is 1. The first-order valence-corrected chi connectivity index (χ1v) is 8.14. The third-order valence-corrected chi connectivity index (χ3v) is 4.06. The van der Waals surface area contributed by atoms with Crippen molar-refractivity contribution in [2.75, 3.05) is 24.0 Å². The summed E-state index contributed by atoms with van der Waals surface area (Å²) in [5, 5.41) is 14.6. The lowest BCUT2D eigenvalue weighted by molar-refractivity contribution is -0.114. The zero-order chi connectivity index (χ0) is 17.8. The molecule has 0 saturated carbocycles. The average molecular weight is 361 g/mol. The van der Waals surface area contributed by atoms with Crippen molar-refractivity contribution >= 4 is 23.7 Å². The van der Waals surface area contributed by atoms with E-state index in [2.05, 4.69) is 25.7 Å². The van der Waals surface area contributed by atoms with Crippen LogP contribution in [0.1, 0.15) is 5.82 Å². The van der Waals surface area contributed by atoms with Gasteiger partial charge < -0.3 is 15.1 Å². The van der Waals surface area contributed by atoms with Crippen LogP contribution in [-0.2, 0) is 4.79 Å². The van der Waals surface area contributed by atoms with Gasteiger partial charge in [0.05, 0.1) is 18.4 Å². The molecule has 2 aromatic heterocycles. The van der Waals surface area contributed by atoms with Gasteiger partial charge in [-0.25, -0.2) is 4.68 Å². The number of rotatable bonds is 6. The fraction of sp³-hybridized carbons (Fsp3) is 0.214. The van der Waals surface area contributed by atoms with Crippen molar-refractivity contribution in [3.63, 3.8) is 0 Å². The predicted octanol–water partition coefficient (Wildman–Crippen LogP) is 1.09. The van der Waals surface area contributed by atoms with Crippen LogP contribution < -0.4 is 15.9 Å². The van der Waals surface area contributed by atoms with Gasteiger partial charge in [0.2, 0.25) is 11.1 Å². The monoisotopic (exact) mass is 361 g/mol. The molecular formula is C14H15N7O3S. The zero-order valence-corrected chi connectivity index (χ0v) is 14.3. The molecule has 10 nitrogen and oxygen atoms in total. The van der Waals surface area contributed by atoms with Gasteiger partial charge in [-0.1, -0.05) is 29.1 Å². The van der Waals surface area contributed by atoms with Crippen LogP contribution in [0, 0.1) is 6.92 Å². The predicted molar refractivity (Wildman–Crippen MR) is 90.5 cm³/mol. The van der Waals surface area contributed by atoms with Crippen LogP contribution in [0.5, 0.6) is 5.75 Å².